The second-order valence-electron chi connectivity index (χ2n) is 7.07. The van der Waals surface area contributed by atoms with Crippen LogP contribution in [0.2, 0.25) is 0 Å². The van der Waals surface area contributed by atoms with E-state index in [-0.39, 0.29) is 0 Å². The molecule has 1 heteroatoms. The van der Waals surface area contributed by atoms with Crippen molar-refractivity contribution >= 4 is 0 Å². The molecule has 2 N–H and O–H groups in total. The van der Waals surface area contributed by atoms with Gasteiger partial charge < -0.3 is 5.73 Å². The van der Waals surface area contributed by atoms with Crippen LogP contribution in [0, 0.1) is 28.6 Å². The lowest BCUT2D eigenvalue weighted by atomic mass is 9.48. The molecule has 0 aromatic carbocycles. The van der Waals surface area contributed by atoms with Crippen molar-refractivity contribution in [1.29, 1.82) is 0 Å². The molecule has 0 heterocycles. The van der Waals surface area contributed by atoms with Gasteiger partial charge in [0.2, 0.25) is 0 Å². The maximum Gasteiger partial charge on any atom is 0.0168 e. The van der Waals surface area contributed by atoms with E-state index in [9.17, 15) is 0 Å². The highest BCUT2D eigenvalue weighted by atomic mass is 14.9. The number of nitrogens with two attached hydrogens (primary N) is 1. The summed E-state index contributed by atoms with van der Waals surface area (Å²) in [4.78, 5) is 0. The monoisotopic (exact) mass is 205 g/mol. The number of fused-ring (bicyclic) bond motifs is 1. The molecule has 2 bridgehead atoms. The lowest BCUT2D eigenvalue weighted by Gasteiger charge is -2.57. The Morgan fingerprint density at radius 3 is 2.20 bits per heavy atom. The number of hydrogen-bond donors (Lipinski definition) is 1. The lowest BCUT2D eigenvalue weighted by Crippen LogP contribution is -2.48. The normalized spacial score (nSPS) is 49.3. The highest BCUT2D eigenvalue weighted by molar-refractivity contribution is 5.34. The van der Waals surface area contributed by atoms with Crippen LogP contribution in [0.1, 0.15) is 40.5 Å². The minimum atomic E-state index is 0.365. The van der Waals surface area contributed by atoms with E-state index in [2.05, 4.69) is 33.8 Å². The fraction of sp³-hybridized carbons (Fsp3) is 0.857. The Morgan fingerprint density at radius 1 is 1.20 bits per heavy atom. The standard InChI is InChI=1S/C14H23N/c1-13(2)8-5-6-9(10(13)7-8)11-12(15)14(11,3)4/h6,8,10-12H,5,7,15H2,1-4H3/t8?,10?,11-,12-/m1/s1. The van der Waals surface area contributed by atoms with Crippen LogP contribution in [0.4, 0.5) is 0 Å². The highest BCUT2D eigenvalue weighted by Crippen LogP contribution is 2.66. The molecule has 0 saturated heterocycles. The summed E-state index contributed by atoms with van der Waals surface area (Å²) in [5.74, 6) is 2.47. The van der Waals surface area contributed by atoms with Gasteiger partial charge in [-0.1, -0.05) is 39.3 Å². The largest absolute Gasteiger partial charge is 0.327 e. The van der Waals surface area contributed by atoms with Crippen LogP contribution in [0.15, 0.2) is 11.6 Å². The Hall–Kier alpha value is -0.300. The van der Waals surface area contributed by atoms with E-state index in [0.717, 1.165) is 11.8 Å². The fourth-order valence-electron chi connectivity index (χ4n) is 4.06. The van der Waals surface area contributed by atoms with Crippen molar-refractivity contribution in [2.75, 3.05) is 0 Å². The first-order valence-electron chi connectivity index (χ1n) is 6.32. The molecule has 0 aliphatic heterocycles. The zero-order valence-electron chi connectivity index (χ0n) is 10.4. The van der Waals surface area contributed by atoms with Gasteiger partial charge >= 0.3 is 0 Å². The topological polar surface area (TPSA) is 26.0 Å². The summed E-state index contributed by atoms with van der Waals surface area (Å²) in [5, 5.41) is 0. The van der Waals surface area contributed by atoms with Crippen molar-refractivity contribution in [2.45, 2.75) is 46.6 Å². The van der Waals surface area contributed by atoms with Gasteiger partial charge in [-0.25, -0.2) is 0 Å². The molecule has 15 heavy (non-hydrogen) atoms. The van der Waals surface area contributed by atoms with Gasteiger partial charge in [-0.2, -0.15) is 0 Å². The van der Waals surface area contributed by atoms with Crippen LogP contribution in [0.3, 0.4) is 0 Å². The number of hydrogen-bond acceptors (Lipinski definition) is 1. The zero-order valence-corrected chi connectivity index (χ0v) is 10.4. The van der Waals surface area contributed by atoms with Gasteiger partial charge in [-0.3, -0.25) is 0 Å². The van der Waals surface area contributed by atoms with Crippen molar-refractivity contribution in [3.8, 4) is 0 Å². The van der Waals surface area contributed by atoms with E-state index in [1.165, 1.54) is 12.8 Å². The van der Waals surface area contributed by atoms with Crippen molar-refractivity contribution in [3.63, 3.8) is 0 Å². The molecule has 2 fully saturated rings. The van der Waals surface area contributed by atoms with Crippen LogP contribution in [0.25, 0.3) is 0 Å². The second kappa shape index (κ2) is 2.51. The maximum atomic E-state index is 6.20. The van der Waals surface area contributed by atoms with Gasteiger partial charge in [-0.15, -0.1) is 0 Å². The molecule has 84 valence electrons. The molecule has 4 aliphatic carbocycles. The summed E-state index contributed by atoms with van der Waals surface area (Å²) in [5.41, 5.74) is 8.83. The first-order valence-corrected chi connectivity index (χ1v) is 6.32. The molecule has 0 radical (unpaired) electrons. The van der Waals surface area contributed by atoms with Gasteiger partial charge in [0.05, 0.1) is 0 Å². The van der Waals surface area contributed by atoms with Gasteiger partial charge in [-0.05, 0) is 35.5 Å². The average Bonchev–Trinajstić information content (AvgIpc) is 2.66. The third kappa shape index (κ3) is 1.03. The third-order valence-corrected chi connectivity index (χ3v) is 5.78. The summed E-state index contributed by atoms with van der Waals surface area (Å²) in [6.07, 6.45) is 5.25. The summed E-state index contributed by atoms with van der Waals surface area (Å²) >= 11 is 0. The molecule has 4 aliphatic rings. The molecule has 0 spiro atoms. The molecular formula is C14H23N. The quantitative estimate of drug-likeness (QED) is 0.654. The molecule has 0 amide bonds. The summed E-state index contributed by atoms with van der Waals surface area (Å²) in [7, 11) is 0. The molecule has 2 unspecified atom stereocenters. The van der Waals surface area contributed by atoms with Crippen LogP contribution >= 0.6 is 0 Å². The van der Waals surface area contributed by atoms with Gasteiger partial charge in [0.25, 0.3) is 0 Å². The van der Waals surface area contributed by atoms with Gasteiger partial charge in [0.15, 0.2) is 0 Å². The summed E-state index contributed by atoms with van der Waals surface area (Å²) < 4.78 is 0. The van der Waals surface area contributed by atoms with Gasteiger partial charge in [0.1, 0.15) is 0 Å². The van der Waals surface area contributed by atoms with E-state index in [4.69, 9.17) is 5.73 Å². The summed E-state index contributed by atoms with van der Waals surface area (Å²) in [6.45, 7) is 9.53. The van der Waals surface area contributed by atoms with Crippen molar-refractivity contribution in [2.24, 2.45) is 34.3 Å². The molecule has 0 aromatic heterocycles. The molecule has 1 nitrogen and oxygen atoms in total. The van der Waals surface area contributed by atoms with Crippen LogP contribution in [-0.2, 0) is 0 Å². The van der Waals surface area contributed by atoms with E-state index in [1.54, 1.807) is 5.57 Å². The Kier molecular flexibility index (Phi) is 1.65. The summed E-state index contributed by atoms with van der Waals surface area (Å²) in [6, 6.07) is 0.414. The SMILES string of the molecule is CC1(C)C2CC=C([C@@H]3[C@@H](N)C3(C)C)C1C2. The van der Waals surface area contributed by atoms with E-state index in [1.807, 2.05) is 0 Å². The first-order chi connectivity index (χ1) is 6.87. The van der Waals surface area contributed by atoms with Gasteiger partial charge in [0, 0.05) is 12.0 Å². The fourth-order valence-corrected chi connectivity index (χ4v) is 4.06. The smallest absolute Gasteiger partial charge is 0.0168 e. The molecule has 4 rings (SSSR count). The predicted molar refractivity (Wildman–Crippen MR) is 63.3 cm³/mol. The molecule has 4 atom stereocenters. The minimum Gasteiger partial charge on any atom is -0.327 e. The van der Waals surface area contributed by atoms with Crippen LogP contribution in [-0.4, -0.2) is 6.04 Å². The van der Waals surface area contributed by atoms with E-state index >= 15 is 0 Å². The highest BCUT2D eigenvalue weighted by Gasteiger charge is 2.62. The molecular weight excluding hydrogens is 182 g/mol. The lowest BCUT2D eigenvalue weighted by molar-refractivity contribution is -0.0106. The van der Waals surface area contributed by atoms with E-state index in [0.29, 0.717) is 22.8 Å². The molecule has 0 aromatic rings. The van der Waals surface area contributed by atoms with Crippen molar-refractivity contribution < 1.29 is 0 Å². The number of rotatable bonds is 1. The van der Waals surface area contributed by atoms with Crippen molar-refractivity contribution in [3.05, 3.63) is 11.6 Å². The Bertz CT molecular complexity index is 337. The Balaban J connectivity index is 1.88. The number of allylic oxidation sites excluding steroid dienone is 1. The molecule has 2 saturated carbocycles. The zero-order chi connectivity index (χ0) is 11.0. The Morgan fingerprint density at radius 2 is 1.80 bits per heavy atom. The van der Waals surface area contributed by atoms with E-state index < -0.39 is 0 Å². The van der Waals surface area contributed by atoms with Crippen LogP contribution < -0.4 is 5.73 Å². The predicted octanol–water partition coefficient (Wildman–Crippen LogP) is 2.96. The minimum absolute atomic E-state index is 0.365. The average molecular weight is 205 g/mol. The van der Waals surface area contributed by atoms with Crippen LogP contribution in [0.5, 0.6) is 0 Å². The van der Waals surface area contributed by atoms with Crippen molar-refractivity contribution in [1.82, 2.24) is 0 Å². The first kappa shape index (κ1) is 9.89. The third-order valence-electron chi connectivity index (χ3n) is 5.78. The maximum absolute atomic E-state index is 6.20. The second-order valence-corrected chi connectivity index (χ2v) is 7.07. The Labute approximate surface area is 93.1 Å².